The summed E-state index contributed by atoms with van der Waals surface area (Å²) < 4.78 is 69.8. The van der Waals surface area contributed by atoms with Gasteiger partial charge >= 0.3 is 0 Å². The van der Waals surface area contributed by atoms with Crippen molar-refractivity contribution < 1.29 is 21.6 Å². The van der Waals surface area contributed by atoms with Gasteiger partial charge in [-0.2, -0.15) is 4.39 Å². The van der Waals surface area contributed by atoms with E-state index in [1.807, 2.05) is 11.8 Å². The van der Waals surface area contributed by atoms with Crippen LogP contribution >= 0.6 is 11.6 Å². The van der Waals surface area contributed by atoms with E-state index in [1.54, 1.807) is 4.90 Å². The Labute approximate surface area is 171 Å². The van der Waals surface area contributed by atoms with Gasteiger partial charge in [-0.1, -0.05) is 17.7 Å². The van der Waals surface area contributed by atoms with Gasteiger partial charge in [0, 0.05) is 30.6 Å². The first-order valence-corrected chi connectivity index (χ1v) is 10.8. The molecule has 0 unspecified atom stereocenters. The van der Waals surface area contributed by atoms with Crippen LogP contribution in [-0.4, -0.2) is 39.6 Å². The van der Waals surface area contributed by atoms with Crippen molar-refractivity contribution in [1.82, 2.24) is 10.3 Å². The lowest BCUT2D eigenvalue weighted by Gasteiger charge is -2.21. The summed E-state index contributed by atoms with van der Waals surface area (Å²) >= 11 is 6.12. The minimum atomic E-state index is -4.72. The molecule has 1 saturated carbocycles. The van der Waals surface area contributed by atoms with E-state index in [1.165, 1.54) is 6.07 Å². The summed E-state index contributed by atoms with van der Waals surface area (Å²) in [7, 11) is -2.89. The first kappa shape index (κ1) is 20.2. The zero-order valence-corrected chi connectivity index (χ0v) is 16.9. The van der Waals surface area contributed by atoms with Crippen molar-refractivity contribution in [3.8, 4) is 0 Å². The molecule has 156 valence electrons. The molecule has 1 saturated heterocycles. The zero-order chi connectivity index (χ0) is 21.0. The third kappa shape index (κ3) is 3.53. The van der Waals surface area contributed by atoms with Crippen molar-refractivity contribution in [2.45, 2.75) is 23.8 Å². The molecule has 2 aromatic rings. The summed E-state index contributed by atoms with van der Waals surface area (Å²) in [6, 6.07) is 4.46. The van der Waals surface area contributed by atoms with Crippen molar-refractivity contribution in [2.75, 3.05) is 29.8 Å². The molecule has 1 aromatic carbocycles. The highest BCUT2D eigenvalue weighted by atomic mass is 35.5. The van der Waals surface area contributed by atoms with Crippen LogP contribution in [0, 0.1) is 23.0 Å². The van der Waals surface area contributed by atoms with E-state index in [-0.39, 0.29) is 17.1 Å². The van der Waals surface area contributed by atoms with E-state index in [0.717, 1.165) is 31.0 Å². The molecule has 0 amide bonds. The molecule has 2 aliphatic rings. The molecule has 1 spiro atoms. The van der Waals surface area contributed by atoms with Gasteiger partial charge in [0.15, 0.2) is 10.7 Å². The maximum absolute atomic E-state index is 14.9. The highest BCUT2D eigenvalue weighted by molar-refractivity contribution is 7.92. The van der Waals surface area contributed by atoms with Crippen LogP contribution in [0.5, 0.6) is 0 Å². The van der Waals surface area contributed by atoms with Crippen molar-refractivity contribution in [2.24, 2.45) is 5.41 Å². The van der Waals surface area contributed by atoms with Gasteiger partial charge in [-0.25, -0.2) is 22.2 Å². The van der Waals surface area contributed by atoms with E-state index < -0.39 is 43.3 Å². The summed E-state index contributed by atoms with van der Waals surface area (Å²) in [4.78, 5) is 3.87. The highest BCUT2D eigenvalue weighted by Gasteiger charge is 2.54. The Morgan fingerprint density at radius 1 is 1.28 bits per heavy atom. The third-order valence-electron chi connectivity index (χ3n) is 5.55. The van der Waals surface area contributed by atoms with E-state index in [0.29, 0.717) is 13.1 Å². The second kappa shape index (κ2) is 7.03. The van der Waals surface area contributed by atoms with Crippen LogP contribution < -0.4 is 14.9 Å². The molecule has 1 aromatic heterocycles. The number of anilines is 2. The summed E-state index contributed by atoms with van der Waals surface area (Å²) in [6.07, 6.45) is 2.02. The van der Waals surface area contributed by atoms with Gasteiger partial charge < -0.3 is 10.2 Å². The lowest BCUT2D eigenvalue weighted by Crippen LogP contribution is -2.34. The first-order valence-electron chi connectivity index (χ1n) is 8.92. The normalized spacial score (nSPS) is 20.3. The Bertz CT molecular complexity index is 1080. The van der Waals surface area contributed by atoms with Gasteiger partial charge in [0.05, 0.1) is 5.69 Å². The minimum absolute atomic E-state index is 0.0559. The van der Waals surface area contributed by atoms with E-state index in [4.69, 9.17) is 11.6 Å². The van der Waals surface area contributed by atoms with Crippen LogP contribution in [-0.2, 0) is 10.0 Å². The smallest absolute Gasteiger partial charge is 0.268 e. The maximum Gasteiger partial charge on any atom is 0.268 e. The number of benzene rings is 1. The van der Waals surface area contributed by atoms with Gasteiger partial charge in [-0.05, 0) is 32.0 Å². The molecular weight excluding hydrogens is 429 g/mol. The largest absolute Gasteiger partial charge is 0.368 e. The molecule has 1 atom stereocenters. The Hall–Kier alpha value is -2.04. The predicted molar refractivity (Wildman–Crippen MR) is 103 cm³/mol. The van der Waals surface area contributed by atoms with E-state index >= 15 is 0 Å². The molecule has 2 N–H and O–H groups in total. The average Bonchev–Trinajstić information content (AvgIpc) is 3.31. The standard InChI is InChI=1S/C18H18ClF3N4O2S/c1-23-12-8-26(9-18(12)5-6-18)11-7-10(20)17(16(22)15(11)19)29(27,28)25-14-4-2-3-13(21)24-14/h2-4,7,12,23H,5-6,8-9H2,1H3,(H,24,25)/t12-/m0/s1. The fourth-order valence-electron chi connectivity index (χ4n) is 3.91. The molecule has 6 nitrogen and oxygen atoms in total. The molecule has 29 heavy (non-hydrogen) atoms. The van der Waals surface area contributed by atoms with Gasteiger partial charge in [0.1, 0.15) is 16.7 Å². The second-order valence-corrected chi connectivity index (χ2v) is 9.37. The van der Waals surface area contributed by atoms with Crippen LogP contribution in [0.25, 0.3) is 0 Å². The average molecular weight is 447 g/mol. The molecule has 1 aliphatic carbocycles. The second-order valence-electron chi connectivity index (χ2n) is 7.37. The summed E-state index contributed by atoms with van der Waals surface area (Å²) in [5, 5.41) is 2.74. The predicted octanol–water partition coefficient (Wildman–Crippen LogP) is 3.14. The molecule has 2 heterocycles. The maximum atomic E-state index is 14.9. The number of nitrogens with zero attached hydrogens (tertiary/aromatic N) is 2. The van der Waals surface area contributed by atoms with Gasteiger partial charge in [-0.3, -0.25) is 4.72 Å². The lowest BCUT2D eigenvalue weighted by molar-refractivity contribution is 0.437. The third-order valence-corrected chi connectivity index (χ3v) is 7.30. The SMILES string of the molecule is CN[C@H]1CN(c2cc(F)c(S(=O)(=O)Nc3cccc(F)n3)c(F)c2Cl)CC12CC2. The number of pyridine rings is 1. The van der Waals surface area contributed by atoms with E-state index in [2.05, 4.69) is 10.3 Å². The fourth-order valence-corrected chi connectivity index (χ4v) is 5.38. The van der Waals surface area contributed by atoms with Crippen molar-refractivity contribution in [3.63, 3.8) is 0 Å². The molecule has 1 aliphatic heterocycles. The molecule has 4 rings (SSSR count). The summed E-state index contributed by atoms with van der Waals surface area (Å²) in [5.41, 5.74) is 0.161. The molecule has 0 bridgehead atoms. The number of likely N-dealkylation sites (N-methyl/N-ethyl adjacent to an activating group) is 1. The Morgan fingerprint density at radius 3 is 2.59 bits per heavy atom. The van der Waals surface area contributed by atoms with Crippen molar-refractivity contribution in [3.05, 3.63) is 46.9 Å². The number of nitrogens with one attached hydrogen (secondary N) is 2. The van der Waals surface area contributed by atoms with Crippen LogP contribution in [0.4, 0.5) is 24.7 Å². The highest BCUT2D eigenvalue weighted by Crippen LogP contribution is 2.54. The van der Waals surface area contributed by atoms with Crippen molar-refractivity contribution >= 4 is 33.1 Å². The minimum Gasteiger partial charge on any atom is -0.368 e. The number of halogens is 4. The fraction of sp³-hybridized carbons (Fsp3) is 0.389. The molecule has 0 radical (unpaired) electrons. The van der Waals surface area contributed by atoms with Crippen molar-refractivity contribution in [1.29, 1.82) is 0 Å². The Balaban J connectivity index is 1.69. The number of aromatic nitrogens is 1. The summed E-state index contributed by atoms with van der Waals surface area (Å²) in [6.45, 7) is 1.08. The van der Waals surface area contributed by atoms with Gasteiger partial charge in [0.25, 0.3) is 10.0 Å². The summed E-state index contributed by atoms with van der Waals surface area (Å²) in [5.74, 6) is -4.04. The Kier molecular flexibility index (Phi) is 4.91. The van der Waals surface area contributed by atoms with Crippen LogP contribution in [0.1, 0.15) is 12.8 Å². The number of rotatable bonds is 5. The lowest BCUT2D eigenvalue weighted by atomic mass is 10.0. The molecular formula is C18H18ClF3N4O2S. The van der Waals surface area contributed by atoms with Crippen LogP contribution in [0.15, 0.2) is 29.2 Å². The van der Waals surface area contributed by atoms with Gasteiger partial charge in [0.2, 0.25) is 5.95 Å². The topological polar surface area (TPSA) is 74.3 Å². The Morgan fingerprint density at radius 2 is 2.00 bits per heavy atom. The van der Waals surface area contributed by atoms with E-state index in [9.17, 15) is 21.6 Å². The monoisotopic (exact) mass is 446 g/mol. The number of hydrogen-bond acceptors (Lipinski definition) is 5. The number of hydrogen-bond donors (Lipinski definition) is 2. The zero-order valence-electron chi connectivity index (χ0n) is 15.3. The van der Waals surface area contributed by atoms with Crippen LogP contribution in [0.3, 0.4) is 0 Å². The quantitative estimate of drug-likeness (QED) is 0.545. The number of sulfonamides is 1. The van der Waals surface area contributed by atoms with Crippen LogP contribution in [0.2, 0.25) is 5.02 Å². The molecule has 2 fully saturated rings. The van der Waals surface area contributed by atoms with Gasteiger partial charge in [-0.15, -0.1) is 0 Å². The molecule has 11 heteroatoms. The first-order chi connectivity index (χ1) is 13.7.